The lowest BCUT2D eigenvalue weighted by molar-refractivity contribution is -0.256. The number of phenolic OH excluding ortho intramolecular Hbond substituents is 2. The number of likely N-dealkylation sites (N-methyl/N-ethyl adjacent to an activating group) is 2. The Morgan fingerprint density at radius 1 is 0.828 bits per heavy atom. The third kappa shape index (κ3) is 15.3. The number of methoxy groups -OCH3 is 2. The van der Waals surface area contributed by atoms with Crippen molar-refractivity contribution in [3.63, 3.8) is 0 Å². The largest absolute Gasteiger partial charge is 0.507 e. The van der Waals surface area contributed by atoms with E-state index in [1.54, 1.807) is 45.0 Å². The van der Waals surface area contributed by atoms with E-state index in [4.69, 9.17) is 38.9 Å². The molecule has 3 aromatic carbocycles. The number of imide groups is 2. The number of hydrogen-bond donors (Lipinski definition) is 6. The number of ether oxygens (including phenoxy) is 7. The van der Waals surface area contributed by atoms with Crippen LogP contribution in [0.4, 0.5) is 9.59 Å². The Kier molecular flexibility index (Phi) is 22.3. The maximum absolute atomic E-state index is 14.7. The van der Waals surface area contributed by atoms with Gasteiger partial charge in [-0.25, -0.2) is 9.59 Å². The Hall–Kier alpha value is -9.30. The zero-order chi connectivity index (χ0) is 71.5. The highest BCUT2D eigenvalue weighted by Crippen LogP contribution is 2.53. The molecule has 11 atom stereocenters. The number of urea groups is 1. The second-order valence-electron chi connectivity index (χ2n) is 26.1. The first-order chi connectivity index (χ1) is 47.1. The van der Waals surface area contributed by atoms with Crippen molar-refractivity contribution in [2.75, 3.05) is 67.6 Å². The maximum atomic E-state index is 14.7. The number of nitrogens with zero attached hydrogens (tertiary/aromatic N) is 5. The van der Waals surface area contributed by atoms with E-state index >= 15 is 0 Å². The molecule has 0 saturated carbocycles. The SMILES string of the molecule is COc1cccc2c1C(=O)c1c(O)c3c(c(O)c1C2=O)C[C@@](O)(C(=O)N(C)CCN(C)C(=O)OCc1ccc(CC(=O)[C@H](CCCNC(N)=O)NC(=O)[C@@H](CC(=O)CCC(CN2C(=O)C=CC2=O)N2C(=O)C=CC2=O)C(C)C)cc1)C[C@@H]3O[C@H]1C[C@H]2[C@H](O[C@@H]3[C@@H](OC)OCCN32)[C@H](C)O1. The third-order valence-electron chi connectivity index (χ3n) is 19.3. The van der Waals surface area contributed by atoms with Crippen molar-refractivity contribution in [1.29, 1.82) is 0 Å². The van der Waals surface area contributed by atoms with E-state index in [-0.39, 0.29) is 112 Å². The molecule has 2 aliphatic carbocycles. The summed E-state index contributed by atoms with van der Waals surface area (Å²) in [5, 5.41) is 42.4. The smallest absolute Gasteiger partial charge is 0.409 e. The fourth-order valence-corrected chi connectivity index (χ4v) is 14.0. The van der Waals surface area contributed by atoms with Crippen LogP contribution in [0.1, 0.15) is 126 Å². The number of rotatable bonds is 28. The number of nitrogens with two attached hydrogens (primary N) is 1. The summed E-state index contributed by atoms with van der Waals surface area (Å²) in [5.74, 6) is -9.24. The Morgan fingerprint density at radius 3 is 2.16 bits per heavy atom. The molecule has 5 heterocycles. The van der Waals surface area contributed by atoms with Gasteiger partial charge in [0.1, 0.15) is 41.3 Å². The van der Waals surface area contributed by atoms with Gasteiger partial charge in [0.25, 0.3) is 29.5 Å². The summed E-state index contributed by atoms with van der Waals surface area (Å²) in [6.07, 6.45) is -2.76. The van der Waals surface area contributed by atoms with Crippen LogP contribution in [-0.4, -0.2) is 233 Å². The average Bonchev–Trinajstić information content (AvgIpc) is 1.55. The van der Waals surface area contributed by atoms with Crippen molar-refractivity contribution in [3.8, 4) is 17.2 Å². The highest BCUT2D eigenvalue weighted by molar-refractivity contribution is 6.31. The minimum atomic E-state index is -2.39. The van der Waals surface area contributed by atoms with E-state index in [0.717, 1.165) is 34.1 Å². The molecule has 0 spiro atoms. The van der Waals surface area contributed by atoms with E-state index in [9.17, 15) is 72.9 Å². The van der Waals surface area contributed by atoms with Crippen molar-refractivity contribution in [1.82, 2.24) is 35.1 Å². The van der Waals surface area contributed by atoms with Gasteiger partial charge in [-0.3, -0.25) is 62.6 Å². The standard InChI is InChI=1S/C69H82N8O22/c1-35(2)42(29-40(78)18-17-39(77-51(82)21-22-52(77)83)33-76-49(80)19-20-50(76)81)63(88)72-44(11-9-23-71-67(70)90)46(79)28-37-13-15-38(16-14-37)34-96-68(91)74(5)25-24-73(4)66(89)69(92)31-43-55(61(87)57-56(59(43)85)58(84)41-10-8-12-47(93-6)54(41)60(57)86)48(32-69)98-53-30-45-62(36(3)97-53)99-64-65(94-7)95-27-26-75(45)64/h8,10,12-16,19-22,35-36,39,42,44-45,48,53,62,64-65,85,87,92H,9,11,17-18,23-34H2,1-7H3,(H,72,88)(H3,70,71,90)/t36-,39?,42-,44-,45-,48-,53-,62+,64+,65-,69-/m0/s1. The van der Waals surface area contributed by atoms with Gasteiger partial charge in [0.15, 0.2) is 30.4 Å². The van der Waals surface area contributed by atoms with Gasteiger partial charge >= 0.3 is 12.1 Å². The Labute approximate surface area is 569 Å². The number of primary amides is 1. The molecule has 10 rings (SSSR count). The third-order valence-corrected chi connectivity index (χ3v) is 19.3. The van der Waals surface area contributed by atoms with Crippen LogP contribution in [0.3, 0.4) is 0 Å². The van der Waals surface area contributed by atoms with Crippen LogP contribution in [0.25, 0.3) is 0 Å². The number of fused-ring (bicyclic) bond motifs is 6. The second-order valence-corrected chi connectivity index (χ2v) is 26.1. The molecule has 530 valence electrons. The van der Waals surface area contributed by atoms with Crippen LogP contribution >= 0.6 is 0 Å². The molecule has 0 bridgehead atoms. The van der Waals surface area contributed by atoms with Crippen LogP contribution < -0.4 is 21.1 Å². The zero-order valence-electron chi connectivity index (χ0n) is 55.9. The van der Waals surface area contributed by atoms with Crippen LogP contribution in [-0.2, 0) is 86.2 Å². The molecular formula is C69H82N8O22. The summed E-state index contributed by atoms with van der Waals surface area (Å²) >= 11 is 0. The first-order valence-corrected chi connectivity index (χ1v) is 32.8. The molecule has 5 aliphatic heterocycles. The van der Waals surface area contributed by atoms with Gasteiger partial charge in [-0.05, 0) is 49.3 Å². The van der Waals surface area contributed by atoms with E-state index in [2.05, 4.69) is 15.5 Å². The number of benzene rings is 3. The van der Waals surface area contributed by atoms with Gasteiger partial charge in [0, 0.05) is 139 Å². The molecule has 9 amide bonds. The lowest BCUT2D eigenvalue weighted by atomic mass is 9.72. The molecular weight excluding hydrogens is 1290 g/mol. The number of hydrogen-bond acceptors (Lipinski definition) is 23. The number of nitrogens with one attached hydrogen (secondary N) is 2. The topological polar surface area (TPSA) is 396 Å². The number of aliphatic hydroxyl groups is 1. The molecule has 0 aromatic heterocycles. The summed E-state index contributed by atoms with van der Waals surface area (Å²) in [6.45, 7) is 5.36. The molecule has 3 saturated heterocycles. The molecule has 30 nitrogen and oxygen atoms in total. The van der Waals surface area contributed by atoms with Gasteiger partial charge in [0.05, 0.1) is 61.2 Å². The summed E-state index contributed by atoms with van der Waals surface area (Å²) in [5.41, 5.74) is 2.33. The fourth-order valence-electron chi connectivity index (χ4n) is 14.0. The molecule has 0 radical (unpaired) electrons. The van der Waals surface area contributed by atoms with Crippen molar-refractivity contribution < 1.29 is 106 Å². The lowest BCUT2D eigenvalue weighted by Crippen LogP contribution is -2.55. The predicted molar refractivity (Wildman–Crippen MR) is 344 cm³/mol. The summed E-state index contributed by atoms with van der Waals surface area (Å²) in [4.78, 5) is 166. The summed E-state index contributed by atoms with van der Waals surface area (Å²) in [6, 6.07) is 7.73. The van der Waals surface area contributed by atoms with Gasteiger partial charge in [-0.1, -0.05) is 50.2 Å². The van der Waals surface area contributed by atoms with Crippen LogP contribution in [0.15, 0.2) is 66.8 Å². The highest BCUT2D eigenvalue weighted by atomic mass is 16.7. The zero-order valence-corrected chi connectivity index (χ0v) is 55.9. The highest BCUT2D eigenvalue weighted by Gasteiger charge is 2.56. The number of ketones is 4. The Balaban J connectivity index is 0.760. The molecule has 7 N–H and O–H groups in total. The van der Waals surface area contributed by atoms with E-state index < -0.39 is 173 Å². The van der Waals surface area contributed by atoms with Gasteiger partial charge in [0.2, 0.25) is 11.7 Å². The molecule has 99 heavy (non-hydrogen) atoms. The number of carbonyl (C=O) groups excluding carboxylic acids is 12. The number of phenols is 2. The van der Waals surface area contributed by atoms with Gasteiger partial charge in [-0.15, -0.1) is 0 Å². The fraction of sp³-hybridized carbons (Fsp3) is 0.507. The quantitative estimate of drug-likeness (QED) is 0.0269. The van der Waals surface area contributed by atoms with E-state index in [1.165, 1.54) is 56.3 Å². The molecule has 3 aromatic rings. The molecule has 1 unspecified atom stereocenters. The molecule has 30 heteroatoms. The van der Waals surface area contributed by atoms with E-state index in [0.29, 0.717) is 24.3 Å². The monoisotopic (exact) mass is 1370 g/mol. The van der Waals surface area contributed by atoms with Crippen LogP contribution in [0.2, 0.25) is 0 Å². The average molecular weight is 1380 g/mol. The Bertz CT molecular complexity index is 3760. The summed E-state index contributed by atoms with van der Waals surface area (Å²) in [7, 11) is 5.66. The molecule has 3 fully saturated rings. The number of morpholine rings is 1. The van der Waals surface area contributed by atoms with Crippen molar-refractivity contribution >= 4 is 70.7 Å². The number of aromatic hydroxyl groups is 2. The normalized spacial score (nSPS) is 24.0. The number of Topliss-reactive ketones (excluding diaryl/α,β-unsaturated/α-hetero) is 2. The van der Waals surface area contributed by atoms with Crippen LogP contribution in [0.5, 0.6) is 17.2 Å². The first-order valence-electron chi connectivity index (χ1n) is 32.8. The van der Waals surface area contributed by atoms with Crippen molar-refractivity contribution in [2.45, 2.75) is 146 Å². The predicted octanol–water partition coefficient (Wildman–Crippen LogP) is 2.15. The number of amides is 9. The minimum absolute atomic E-state index is 0.0572. The molecule has 7 aliphatic rings. The van der Waals surface area contributed by atoms with Crippen molar-refractivity contribution in [2.24, 2.45) is 17.6 Å². The van der Waals surface area contributed by atoms with Gasteiger partial charge < -0.3 is 74.6 Å². The maximum Gasteiger partial charge on any atom is 0.409 e. The van der Waals surface area contributed by atoms with Crippen molar-refractivity contribution in [3.05, 3.63) is 111 Å². The first kappa shape index (κ1) is 72.4. The Morgan fingerprint density at radius 2 is 1.49 bits per heavy atom. The minimum Gasteiger partial charge on any atom is -0.507 e. The van der Waals surface area contributed by atoms with Crippen LogP contribution in [0, 0.1) is 11.8 Å². The second kappa shape index (κ2) is 30.4. The summed E-state index contributed by atoms with van der Waals surface area (Å²) < 4.78 is 41.9. The number of carbonyl (C=O) groups is 12. The lowest BCUT2D eigenvalue weighted by Gasteiger charge is -2.44. The van der Waals surface area contributed by atoms with Gasteiger partial charge in [-0.2, -0.15) is 0 Å². The van der Waals surface area contributed by atoms with E-state index in [1.807, 2.05) is 0 Å².